The zero-order chi connectivity index (χ0) is 18.8. The van der Waals surface area contributed by atoms with Crippen LogP contribution >= 0.6 is 23.1 Å². The first-order valence-corrected chi connectivity index (χ1v) is 9.12. The number of thiazole rings is 1. The molecule has 0 spiro atoms. The van der Waals surface area contributed by atoms with Crippen LogP contribution in [0.1, 0.15) is 10.4 Å². The molecule has 1 aromatic heterocycles. The number of benzene rings is 2. The Kier molecular flexibility index (Phi) is 4.82. The number of rotatable bonds is 5. The Bertz CT molecular complexity index is 1020. The van der Waals surface area contributed by atoms with Crippen LogP contribution < -0.4 is 5.32 Å². The molecule has 0 bridgehead atoms. The van der Waals surface area contributed by atoms with E-state index in [-0.39, 0.29) is 5.56 Å². The van der Waals surface area contributed by atoms with Gasteiger partial charge in [0.05, 0.1) is 31.7 Å². The second-order valence-electron chi connectivity index (χ2n) is 5.03. The smallest absolute Gasteiger partial charge is 0.277 e. The number of non-ortho nitro benzene ring substituents is 2. The molecular formula is C15H10N4O5S2. The van der Waals surface area contributed by atoms with E-state index >= 15 is 0 Å². The van der Waals surface area contributed by atoms with Crippen LogP contribution in [0, 0.1) is 20.2 Å². The highest BCUT2D eigenvalue weighted by atomic mass is 32.2. The average Bonchev–Trinajstić information content (AvgIpc) is 3.03. The van der Waals surface area contributed by atoms with Crippen LogP contribution in [0.2, 0.25) is 0 Å². The lowest BCUT2D eigenvalue weighted by Crippen LogP contribution is -2.12. The molecule has 0 unspecified atom stereocenters. The van der Waals surface area contributed by atoms with E-state index in [1.165, 1.54) is 23.1 Å². The number of carbonyl (C=O) groups excluding carboxylic acids is 1. The van der Waals surface area contributed by atoms with E-state index in [1.807, 2.05) is 24.5 Å². The zero-order valence-corrected chi connectivity index (χ0v) is 14.8. The van der Waals surface area contributed by atoms with E-state index in [2.05, 4.69) is 10.3 Å². The average molecular weight is 390 g/mol. The lowest BCUT2D eigenvalue weighted by Gasteiger charge is -2.02. The number of hydrogen-bond donors (Lipinski definition) is 1. The maximum Gasteiger partial charge on any atom is 0.277 e. The van der Waals surface area contributed by atoms with Crippen LogP contribution in [0.15, 0.2) is 41.3 Å². The maximum atomic E-state index is 12.4. The van der Waals surface area contributed by atoms with Gasteiger partial charge in [-0.05, 0) is 18.4 Å². The van der Waals surface area contributed by atoms with Crippen molar-refractivity contribution in [3.63, 3.8) is 0 Å². The highest BCUT2D eigenvalue weighted by Gasteiger charge is 2.20. The summed E-state index contributed by atoms with van der Waals surface area (Å²) in [5, 5.41) is 24.7. The molecule has 1 heterocycles. The first kappa shape index (κ1) is 17.8. The molecule has 2 aromatic carbocycles. The van der Waals surface area contributed by atoms with Crippen molar-refractivity contribution >= 4 is 55.7 Å². The minimum Gasteiger partial charge on any atom is -0.298 e. The topological polar surface area (TPSA) is 128 Å². The summed E-state index contributed by atoms with van der Waals surface area (Å²) in [6, 6.07) is 8.43. The fraction of sp³-hybridized carbons (Fsp3) is 0.0667. The molecule has 132 valence electrons. The number of anilines is 1. The van der Waals surface area contributed by atoms with Crippen LogP contribution in [-0.2, 0) is 0 Å². The summed E-state index contributed by atoms with van der Waals surface area (Å²) >= 11 is 2.77. The van der Waals surface area contributed by atoms with Gasteiger partial charge in [0.15, 0.2) is 5.13 Å². The fourth-order valence-electron chi connectivity index (χ4n) is 2.25. The third kappa shape index (κ3) is 3.48. The van der Waals surface area contributed by atoms with Gasteiger partial charge in [-0.2, -0.15) is 0 Å². The monoisotopic (exact) mass is 390 g/mol. The van der Waals surface area contributed by atoms with Crippen LogP contribution in [0.5, 0.6) is 0 Å². The molecule has 9 nitrogen and oxygen atoms in total. The standard InChI is InChI=1S/C15H10N4O5S2/c1-25-11-3-2-4-12-13(11)16-15(26-12)17-14(20)8-5-9(18(21)22)7-10(6-8)19(23)24/h2-7H,1H3,(H,16,17,20). The Morgan fingerprint density at radius 3 is 2.38 bits per heavy atom. The minimum absolute atomic E-state index is 0.185. The third-order valence-corrected chi connectivity index (χ3v) is 5.11. The Balaban J connectivity index is 1.95. The summed E-state index contributed by atoms with van der Waals surface area (Å²) in [6.45, 7) is 0. The molecule has 1 N–H and O–H groups in total. The van der Waals surface area contributed by atoms with Crippen molar-refractivity contribution in [2.75, 3.05) is 11.6 Å². The van der Waals surface area contributed by atoms with E-state index in [9.17, 15) is 25.0 Å². The Labute approximate surface area is 154 Å². The molecule has 0 radical (unpaired) electrons. The van der Waals surface area contributed by atoms with Gasteiger partial charge in [-0.25, -0.2) is 4.98 Å². The molecule has 0 fully saturated rings. The van der Waals surface area contributed by atoms with Crippen molar-refractivity contribution in [3.05, 3.63) is 62.2 Å². The number of fused-ring (bicyclic) bond motifs is 1. The van der Waals surface area contributed by atoms with Crippen LogP contribution in [-0.4, -0.2) is 27.0 Å². The van der Waals surface area contributed by atoms with Gasteiger partial charge in [-0.15, -0.1) is 11.8 Å². The molecule has 3 rings (SSSR count). The number of nitrogens with zero attached hydrogens (tertiary/aromatic N) is 3. The van der Waals surface area contributed by atoms with Crippen molar-refractivity contribution in [3.8, 4) is 0 Å². The highest BCUT2D eigenvalue weighted by molar-refractivity contribution is 7.98. The SMILES string of the molecule is CSc1cccc2sc(NC(=O)c3cc([N+](=O)[O-])cc([N+](=O)[O-])c3)nc12. The first-order valence-electron chi connectivity index (χ1n) is 7.08. The number of thioether (sulfide) groups is 1. The lowest BCUT2D eigenvalue weighted by molar-refractivity contribution is -0.394. The van der Waals surface area contributed by atoms with Crippen LogP contribution in [0.3, 0.4) is 0 Å². The molecule has 0 aliphatic rings. The predicted octanol–water partition coefficient (Wildman–Crippen LogP) is 4.09. The summed E-state index contributed by atoms with van der Waals surface area (Å²) in [6.07, 6.45) is 1.91. The first-order chi connectivity index (χ1) is 12.4. The second-order valence-corrected chi connectivity index (χ2v) is 6.91. The van der Waals surface area contributed by atoms with Crippen molar-refractivity contribution in [2.45, 2.75) is 4.90 Å². The number of nitro groups is 2. The molecule has 0 aliphatic carbocycles. The highest BCUT2D eigenvalue weighted by Crippen LogP contribution is 2.32. The van der Waals surface area contributed by atoms with Gasteiger partial charge in [0.25, 0.3) is 17.3 Å². The molecule has 0 aliphatic heterocycles. The number of nitro benzene ring substituents is 2. The molecule has 26 heavy (non-hydrogen) atoms. The van der Waals surface area contributed by atoms with Gasteiger partial charge in [-0.1, -0.05) is 17.4 Å². The van der Waals surface area contributed by atoms with Crippen molar-refractivity contribution in [2.24, 2.45) is 0 Å². The number of amides is 1. The Hall–Kier alpha value is -3.05. The van der Waals surface area contributed by atoms with Crippen molar-refractivity contribution in [1.29, 1.82) is 0 Å². The molecule has 0 saturated heterocycles. The number of aromatic nitrogens is 1. The summed E-state index contributed by atoms with van der Waals surface area (Å²) < 4.78 is 0.872. The predicted molar refractivity (Wildman–Crippen MR) is 99.1 cm³/mol. The molecule has 11 heteroatoms. The van der Waals surface area contributed by atoms with Crippen molar-refractivity contribution in [1.82, 2.24) is 4.98 Å². The molecule has 1 amide bonds. The Morgan fingerprint density at radius 2 is 1.81 bits per heavy atom. The maximum absolute atomic E-state index is 12.4. The zero-order valence-electron chi connectivity index (χ0n) is 13.2. The summed E-state index contributed by atoms with van der Waals surface area (Å²) in [5.74, 6) is -0.707. The van der Waals surface area contributed by atoms with E-state index in [0.717, 1.165) is 33.3 Å². The van der Waals surface area contributed by atoms with Gasteiger partial charge in [0, 0.05) is 17.0 Å². The van der Waals surface area contributed by atoms with Gasteiger partial charge in [0.2, 0.25) is 0 Å². The number of para-hydroxylation sites is 1. The number of nitrogens with one attached hydrogen (secondary N) is 1. The van der Waals surface area contributed by atoms with Crippen LogP contribution in [0.25, 0.3) is 10.2 Å². The minimum atomic E-state index is -0.785. The van der Waals surface area contributed by atoms with E-state index < -0.39 is 27.1 Å². The summed E-state index contributed by atoms with van der Waals surface area (Å²) in [7, 11) is 0. The van der Waals surface area contributed by atoms with E-state index in [0.29, 0.717) is 5.13 Å². The molecule has 3 aromatic rings. The molecular weight excluding hydrogens is 380 g/mol. The summed E-state index contributed by atoms with van der Waals surface area (Å²) in [4.78, 5) is 38.0. The second kappa shape index (κ2) is 7.06. The Morgan fingerprint density at radius 1 is 1.15 bits per heavy atom. The number of hydrogen-bond acceptors (Lipinski definition) is 8. The fourth-order valence-corrected chi connectivity index (χ4v) is 3.76. The van der Waals surface area contributed by atoms with E-state index in [4.69, 9.17) is 0 Å². The van der Waals surface area contributed by atoms with Gasteiger partial charge >= 0.3 is 0 Å². The molecule has 0 saturated carbocycles. The lowest BCUT2D eigenvalue weighted by atomic mass is 10.1. The summed E-state index contributed by atoms with van der Waals surface area (Å²) in [5.41, 5.74) is -0.503. The number of carbonyl (C=O) groups is 1. The van der Waals surface area contributed by atoms with Gasteiger partial charge in [-0.3, -0.25) is 30.3 Å². The molecule has 0 atom stereocenters. The van der Waals surface area contributed by atoms with E-state index in [1.54, 1.807) is 0 Å². The van der Waals surface area contributed by atoms with Gasteiger partial charge in [0.1, 0.15) is 0 Å². The quantitative estimate of drug-likeness (QED) is 0.395. The third-order valence-electron chi connectivity index (χ3n) is 3.41. The van der Waals surface area contributed by atoms with Crippen molar-refractivity contribution < 1.29 is 14.6 Å². The normalized spacial score (nSPS) is 10.7. The van der Waals surface area contributed by atoms with Crippen LogP contribution in [0.4, 0.5) is 16.5 Å². The largest absolute Gasteiger partial charge is 0.298 e. The van der Waals surface area contributed by atoms with Gasteiger partial charge < -0.3 is 0 Å².